The predicted octanol–water partition coefficient (Wildman–Crippen LogP) is 8.65. The third-order valence-electron chi connectivity index (χ3n) is 16.1. The second-order valence-corrected chi connectivity index (χ2v) is 20.9. The fraction of sp³-hybridized carbons (Fsp3) is 1.00. The van der Waals surface area contributed by atoms with Crippen molar-refractivity contribution in [1.82, 2.24) is 15.1 Å². The smallest absolute Gasteiger partial charge is 0.156 e. The van der Waals surface area contributed by atoms with E-state index >= 15 is 0 Å². The number of fused-ring (bicyclic) bond motifs is 3. The Morgan fingerprint density at radius 3 is 1.64 bits per heavy atom. The molecule has 0 radical (unpaired) electrons. The number of piperidine rings is 1. The summed E-state index contributed by atoms with van der Waals surface area (Å²) < 4.78 is 26.9. The summed E-state index contributed by atoms with van der Waals surface area (Å²) in [5.41, 5.74) is 0. The Hall–Kier alpha value is -0.170. The standard InChI is InChI=1S/C41H71N3O2S/c45-47(46,36-14-8-3-9-15-36)37-23-18-31(19-24-37)30-16-20-34(21-17-30)44-40-25-22-35(28-38(40)39-29-42-27-26-41(39)44)43(32-10-4-1-5-11-32)33-12-6-2-7-13-33/h30-42H,1-29H2. The fourth-order valence-corrected chi connectivity index (χ4v) is 16.3. The van der Waals surface area contributed by atoms with Crippen LogP contribution in [0.25, 0.3) is 0 Å². The number of likely N-dealkylation sites (tertiary alicyclic amines) is 1. The van der Waals surface area contributed by atoms with Crippen LogP contribution in [0.15, 0.2) is 0 Å². The number of rotatable bonds is 7. The first-order valence-corrected chi connectivity index (χ1v) is 23.2. The Balaban J connectivity index is 0.893. The summed E-state index contributed by atoms with van der Waals surface area (Å²) in [7, 11) is -2.92. The van der Waals surface area contributed by atoms with Crippen LogP contribution >= 0.6 is 0 Å². The average Bonchev–Trinajstić information content (AvgIpc) is 3.47. The molecule has 1 N–H and O–H groups in total. The van der Waals surface area contributed by atoms with E-state index in [4.69, 9.17) is 0 Å². The lowest BCUT2D eigenvalue weighted by Gasteiger charge is -2.50. The van der Waals surface area contributed by atoms with E-state index in [0.29, 0.717) is 0 Å². The number of sulfone groups is 1. The van der Waals surface area contributed by atoms with Crippen LogP contribution in [0.4, 0.5) is 0 Å². The summed E-state index contributed by atoms with van der Waals surface area (Å²) in [5, 5.41) is 3.84. The maximum absolute atomic E-state index is 13.4. The summed E-state index contributed by atoms with van der Waals surface area (Å²) in [4.78, 5) is 6.41. The number of nitrogens with zero attached hydrogens (tertiary/aromatic N) is 2. The summed E-state index contributed by atoms with van der Waals surface area (Å²) in [6, 6.07) is 5.07. The van der Waals surface area contributed by atoms with E-state index in [2.05, 4.69) is 15.1 Å². The molecular formula is C41H71N3O2S. The largest absolute Gasteiger partial charge is 0.316 e. The van der Waals surface area contributed by atoms with Crippen molar-refractivity contribution in [2.75, 3.05) is 13.1 Å². The molecule has 6 heteroatoms. The summed E-state index contributed by atoms with van der Waals surface area (Å²) in [6.45, 7) is 2.49. The van der Waals surface area contributed by atoms with E-state index in [9.17, 15) is 8.42 Å². The SMILES string of the molecule is O=S(=O)(C1CCCCC1)C1CCC(C2CCC(N3C4CCNCC4C4CC(N(C5CCCCC5)C5CCCCC5)CCC43)CC2)CC1. The summed E-state index contributed by atoms with van der Waals surface area (Å²) in [6.07, 6.45) is 35.7. The third-order valence-corrected chi connectivity index (χ3v) is 18.9. The van der Waals surface area contributed by atoms with Gasteiger partial charge in [-0.15, -0.1) is 0 Å². The molecule has 2 saturated heterocycles. The summed E-state index contributed by atoms with van der Waals surface area (Å²) >= 11 is 0. The molecule has 2 aliphatic heterocycles. The van der Waals surface area contributed by atoms with E-state index in [-0.39, 0.29) is 10.5 Å². The van der Waals surface area contributed by atoms with Crippen LogP contribution in [-0.4, -0.2) is 78.1 Å². The Morgan fingerprint density at radius 2 is 1.02 bits per heavy atom. The van der Waals surface area contributed by atoms with E-state index in [0.717, 1.165) is 98.4 Å². The van der Waals surface area contributed by atoms with Crippen LogP contribution < -0.4 is 5.32 Å². The van der Waals surface area contributed by atoms with Crippen molar-refractivity contribution in [3.05, 3.63) is 0 Å². The minimum absolute atomic E-state index is 0.0194. The first-order chi connectivity index (χ1) is 23.1. The summed E-state index contributed by atoms with van der Waals surface area (Å²) in [5.74, 6) is 3.41. The van der Waals surface area contributed by atoms with Crippen molar-refractivity contribution < 1.29 is 8.42 Å². The van der Waals surface area contributed by atoms with Crippen LogP contribution in [0.2, 0.25) is 0 Å². The van der Waals surface area contributed by atoms with Crippen molar-refractivity contribution in [1.29, 1.82) is 0 Å². The lowest BCUT2D eigenvalue weighted by Crippen LogP contribution is -2.55. The molecule has 5 nitrogen and oxygen atoms in total. The van der Waals surface area contributed by atoms with Gasteiger partial charge in [-0.25, -0.2) is 8.42 Å². The van der Waals surface area contributed by atoms with Crippen molar-refractivity contribution in [3.63, 3.8) is 0 Å². The van der Waals surface area contributed by atoms with Crippen LogP contribution in [0.5, 0.6) is 0 Å². The molecule has 0 amide bonds. The fourth-order valence-electron chi connectivity index (χ4n) is 13.8. The average molecular weight is 670 g/mol. The molecule has 268 valence electrons. The van der Waals surface area contributed by atoms with Gasteiger partial charge in [0, 0.05) is 36.3 Å². The Kier molecular flexibility index (Phi) is 11.0. The van der Waals surface area contributed by atoms with E-state index in [1.165, 1.54) is 148 Å². The van der Waals surface area contributed by atoms with Crippen molar-refractivity contribution in [3.8, 4) is 0 Å². The molecule has 5 unspecified atom stereocenters. The zero-order valence-electron chi connectivity index (χ0n) is 30.1. The van der Waals surface area contributed by atoms with E-state index < -0.39 is 9.84 Å². The second-order valence-electron chi connectivity index (χ2n) is 18.4. The Bertz CT molecular complexity index is 1080. The molecule has 2 heterocycles. The maximum Gasteiger partial charge on any atom is 0.156 e. The number of nitrogens with one attached hydrogen (secondary N) is 1. The molecule has 0 aromatic heterocycles. The minimum Gasteiger partial charge on any atom is -0.316 e. The van der Waals surface area contributed by atoms with Crippen molar-refractivity contribution in [2.24, 2.45) is 23.7 Å². The Morgan fingerprint density at radius 1 is 0.489 bits per heavy atom. The number of hydrogen-bond acceptors (Lipinski definition) is 5. The zero-order valence-corrected chi connectivity index (χ0v) is 30.9. The zero-order chi connectivity index (χ0) is 31.8. The highest BCUT2D eigenvalue weighted by Gasteiger charge is 2.54. The third kappa shape index (κ3) is 7.04. The normalized spacial score (nSPS) is 42.3. The molecule has 8 fully saturated rings. The second kappa shape index (κ2) is 15.2. The molecule has 5 atom stereocenters. The molecule has 0 spiro atoms. The van der Waals surface area contributed by atoms with Crippen LogP contribution in [0, 0.1) is 23.7 Å². The van der Waals surface area contributed by atoms with Gasteiger partial charge in [-0.1, -0.05) is 57.8 Å². The van der Waals surface area contributed by atoms with Gasteiger partial charge in [0.2, 0.25) is 0 Å². The van der Waals surface area contributed by atoms with Gasteiger partial charge >= 0.3 is 0 Å². The van der Waals surface area contributed by atoms with E-state index in [1.807, 2.05) is 0 Å². The van der Waals surface area contributed by atoms with Gasteiger partial charge in [-0.3, -0.25) is 9.80 Å². The molecule has 0 aromatic carbocycles. The molecule has 8 aliphatic rings. The molecule has 6 saturated carbocycles. The van der Waals surface area contributed by atoms with Crippen LogP contribution in [-0.2, 0) is 9.84 Å². The first kappa shape index (κ1) is 33.9. The monoisotopic (exact) mass is 670 g/mol. The van der Waals surface area contributed by atoms with Crippen molar-refractivity contribution >= 4 is 9.84 Å². The lowest BCUT2D eigenvalue weighted by molar-refractivity contribution is -0.00800. The first-order valence-electron chi connectivity index (χ1n) is 21.6. The molecule has 8 rings (SSSR count). The van der Waals surface area contributed by atoms with Crippen LogP contribution in [0.3, 0.4) is 0 Å². The molecule has 0 aromatic rings. The molecule has 6 aliphatic carbocycles. The van der Waals surface area contributed by atoms with Gasteiger partial charge in [0.25, 0.3) is 0 Å². The predicted molar refractivity (Wildman–Crippen MR) is 194 cm³/mol. The van der Waals surface area contributed by atoms with Gasteiger partial charge in [-0.2, -0.15) is 0 Å². The van der Waals surface area contributed by atoms with Crippen molar-refractivity contribution in [2.45, 2.75) is 220 Å². The minimum atomic E-state index is -2.92. The quantitative estimate of drug-likeness (QED) is 0.294. The van der Waals surface area contributed by atoms with E-state index in [1.54, 1.807) is 0 Å². The van der Waals surface area contributed by atoms with Gasteiger partial charge in [-0.05, 0) is 152 Å². The van der Waals surface area contributed by atoms with Gasteiger partial charge < -0.3 is 5.32 Å². The number of hydrogen-bond donors (Lipinski definition) is 1. The molecule has 47 heavy (non-hydrogen) atoms. The topological polar surface area (TPSA) is 52.7 Å². The Labute approximate surface area is 289 Å². The maximum atomic E-state index is 13.4. The molecular weight excluding hydrogens is 599 g/mol. The molecule has 0 bridgehead atoms. The van der Waals surface area contributed by atoms with Gasteiger partial charge in [0.05, 0.1) is 10.5 Å². The highest BCUT2D eigenvalue weighted by atomic mass is 32.2. The van der Waals surface area contributed by atoms with Crippen LogP contribution in [0.1, 0.15) is 173 Å². The lowest BCUT2D eigenvalue weighted by atomic mass is 9.71. The van der Waals surface area contributed by atoms with Gasteiger partial charge in [0.1, 0.15) is 0 Å². The van der Waals surface area contributed by atoms with Gasteiger partial charge in [0.15, 0.2) is 9.84 Å². The highest BCUT2D eigenvalue weighted by molar-refractivity contribution is 7.92. The highest BCUT2D eigenvalue weighted by Crippen LogP contribution is 2.51.